The molecule has 2 rings (SSSR count). The quantitative estimate of drug-likeness (QED) is 0.643. The molecule has 0 amide bonds. The molecule has 0 unspecified atom stereocenters. The number of aromatic amines is 1. The molecule has 2 aromatic rings. The molecular weight excluding hydrogens is 272 g/mol. The number of hydrogen-bond acceptors (Lipinski definition) is 4. The summed E-state index contributed by atoms with van der Waals surface area (Å²) >= 11 is 6.21. The van der Waals surface area contributed by atoms with E-state index in [1.807, 2.05) is 11.6 Å². The highest BCUT2D eigenvalue weighted by Gasteiger charge is 2.08. The molecule has 0 aliphatic rings. The third kappa shape index (κ3) is 1.53. The Morgan fingerprint density at radius 2 is 2.46 bits per heavy atom. The number of fused-ring (bicyclic) bond motifs is 1. The first-order valence-electron chi connectivity index (χ1n) is 3.43. The number of thiophene rings is 1. The molecule has 2 heterocycles. The summed E-state index contributed by atoms with van der Waals surface area (Å²) in [5, 5.41) is 3.17. The van der Waals surface area contributed by atoms with Crippen LogP contribution < -0.4 is 5.56 Å². The Balaban J connectivity index is 2.87. The van der Waals surface area contributed by atoms with Crippen LogP contribution in [0.1, 0.15) is 0 Å². The predicted octanol–water partition coefficient (Wildman–Crippen LogP) is 2.47. The van der Waals surface area contributed by atoms with Crippen molar-refractivity contribution in [3.05, 3.63) is 20.2 Å². The second-order valence-electron chi connectivity index (χ2n) is 2.34. The zero-order valence-electron chi connectivity index (χ0n) is 6.63. The molecule has 0 aliphatic heterocycles. The van der Waals surface area contributed by atoms with Crippen molar-refractivity contribution in [3.8, 4) is 0 Å². The first kappa shape index (κ1) is 9.23. The molecule has 6 heteroatoms. The monoisotopic (exact) mass is 276 g/mol. The van der Waals surface area contributed by atoms with Gasteiger partial charge in [0, 0.05) is 9.85 Å². The SMILES string of the molecule is CSc1nc2scc(Br)c2c(=O)[nH]1. The molecule has 0 saturated heterocycles. The van der Waals surface area contributed by atoms with Crippen LogP contribution in [0.15, 0.2) is 19.8 Å². The average Bonchev–Trinajstić information content (AvgIpc) is 2.48. The molecule has 2 aromatic heterocycles. The van der Waals surface area contributed by atoms with Crippen LogP contribution in [0.4, 0.5) is 0 Å². The predicted molar refractivity (Wildman–Crippen MR) is 59.7 cm³/mol. The summed E-state index contributed by atoms with van der Waals surface area (Å²) < 4.78 is 0.814. The molecule has 13 heavy (non-hydrogen) atoms. The Bertz CT molecular complexity index is 505. The van der Waals surface area contributed by atoms with Gasteiger partial charge in [0.25, 0.3) is 5.56 Å². The Kier molecular flexibility index (Phi) is 2.44. The lowest BCUT2D eigenvalue weighted by Crippen LogP contribution is -2.07. The molecule has 0 bridgehead atoms. The van der Waals surface area contributed by atoms with Gasteiger partial charge in [-0.05, 0) is 22.2 Å². The molecule has 0 saturated carbocycles. The second kappa shape index (κ2) is 3.43. The van der Waals surface area contributed by atoms with Gasteiger partial charge in [-0.3, -0.25) is 4.79 Å². The summed E-state index contributed by atoms with van der Waals surface area (Å²) in [6, 6.07) is 0. The Labute approximate surface area is 90.7 Å². The maximum absolute atomic E-state index is 11.5. The molecule has 0 radical (unpaired) electrons. The Hall–Kier alpha value is -0.330. The number of aromatic nitrogens is 2. The molecule has 0 spiro atoms. The number of rotatable bonds is 1. The van der Waals surface area contributed by atoms with Crippen molar-refractivity contribution in [3.63, 3.8) is 0 Å². The Morgan fingerprint density at radius 1 is 1.69 bits per heavy atom. The minimum atomic E-state index is -0.0810. The maximum atomic E-state index is 11.5. The van der Waals surface area contributed by atoms with E-state index >= 15 is 0 Å². The van der Waals surface area contributed by atoms with E-state index in [1.54, 1.807) is 0 Å². The van der Waals surface area contributed by atoms with Crippen LogP contribution in [0.25, 0.3) is 10.2 Å². The Morgan fingerprint density at radius 3 is 3.15 bits per heavy atom. The topological polar surface area (TPSA) is 45.8 Å². The van der Waals surface area contributed by atoms with Crippen LogP contribution in [0.5, 0.6) is 0 Å². The lowest BCUT2D eigenvalue weighted by Gasteiger charge is -1.94. The van der Waals surface area contributed by atoms with Gasteiger partial charge in [-0.2, -0.15) is 0 Å². The van der Waals surface area contributed by atoms with Crippen molar-refractivity contribution < 1.29 is 0 Å². The van der Waals surface area contributed by atoms with Crippen LogP contribution in [-0.2, 0) is 0 Å². The van der Waals surface area contributed by atoms with Gasteiger partial charge in [0.05, 0.1) is 5.39 Å². The van der Waals surface area contributed by atoms with Crippen molar-refractivity contribution in [2.45, 2.75) is 5.16 Å². The summed E-state index contributed by atoms with van der Waals surface area (Å²) in [6.45, 7) is 0. The van der Waals surface area contributed by atoms with Crippen molar-refractivity contribution in [1.82, 2.24) is 9.97 Å². The highest BCUT2D eigenvalue weighted by Crippen LogP contribution is 2.26. The summed E-state index contributed by atoms with van der Waals surface area (Å²) in [4.78, 5) is 19.3. The minimum absolute atomic E-state index is 0.0810. The van der Waals surface area contributed by atoms with Crippen molar-refractivity contribution in [2.75, 3.05) is 6.26 Å². The van der Waals surface area contributed by atoms with Crippen LogP contribution >= 0.6 is 39.0 Å². The molecule has 1 N–H and O–H groups in total. The number of hydrogen-bond donors (Lipinski definition) is 1. The van der Waals surface area contributed by atoms with Crippen LogP contribution in [0, 0.1) is 0 Å². The molecule has 0 aromatic carbocycles. The lowest BCUT2D eigenvalue weighted by molar-refractivity contribution is 0.983. The van der Waals surface area contributed by atoms with Crippen molar-refractivity contribution in [1.29, 1.82) is 0 Å². The summed E-state index contributed by atoms with van der Waals surface area (Å²) in [5.74, 6) is 0. The van der Waals surface area contributed by atoms with Gasteiger partial charge in [0.15, 0.2) is 5.16 Å². The fourth-order valence-corrected chi connectivity index (χ4v) is 3.00. The fraction of sp³-hybridized carbons (Fsp3) is 0.143. The fourth-order valence-electron chi connectivity index (χ4n) is 0.992. The lowest BCUT2D eigenvalue weighted by atomic mass is 10.4. The average molecular weight is 277 g/mol. The van der Waals surface area contributed by atoms with Gasteiger partial charge in [-0.25, -0.2) is 4.98 Å². The standard InChI is InChI=1S/C7H5BrN2OS2/c1-12-7-9-5(11)4-3(8)2-13-6(4)10-7/h2H,1H3,(H,9,10,11). The molecule has 0 fully saturated rings. The highest BCUT2D eigenvalue weighted by atomic mass is 79.9. The number of H-pyrrole nitrogens is 1. The first-order valence-corrected chi connectivity index (χ1v) is 6.33. The summed E-state index contributed by atoms with van der Waals surface area (Å²) in [6.07, 6.45) is 1.88. The van der Waals surface area contributed by atoms with E-state index in [2.05, 4.69) is 25.9 Å². The van der Waals surface area contributed by atoms with Gasteiger partial charge in [-0.1, -0.05) is 11.8 Å². The van der Waals surface area contributed by atoms with E-state index in [0.29, 0.717) is 10.5 Å². The van der Waals surface area contributed by atoms with E-state index in [1.165, 1.54) is 23.1 Å². The first-order chi connectivity index (χ1) is 6.22. The number of thioether (sulfide) groups is 1. The largest absolute Gasteiger partial charge is 0.301 e. The normalized spacial score (nSPS) is 10.9. The molecule has 68 valence electrons. The summed E-state index contributed by atoms with van der Waals surface area (Å²) in [5.41, 5.74) is -0.0810. The van der Waals surface area contributed by atoms with E-state index in [9.17, 15) is 4.79 Å². The van der Waals surface area contributed by atoms with Gasteiger partial charge in [0.2, 0.25) is 0 Å². The van der Waals surface area contributed by atoms with E-state index < -0.39 is 0 Å². The molecule has 3 nitrogen and oxygen atoms in total. The number of nitrogens with one attached hydrogen (secondary N) is 1. The third-order valence-electron chi connectivity index (χ3n) is 1.57. The van der Waals surface area contributed by atoms with E-state index in [4.69, 9.17) is 0 Å². The molecular formula is C7H5BrN2OS2. The zero-order chi connectivity index (χ0) is 9.42. The van der Waals surface area contributed by atoms with Gasteiger partial charge in [-0.15, -0.1) is 11.3 Å². The maximum Gasteiger partial charge on any atom is 0.261 e. The smallest absolute Gasteiger partial charge is 0.261 e. The van der Waals surface area contributed by atoms with Crippen molar-refractivity contribution >= 4 is 49.2 Å². The van der Waals surface area contributed by atoms with E-state index in [0.717, 1.165) is 9.30 Å². The molecule has 0 aliphatic carbocycles. The van der Waals surface area contributed by atoms with Gasteiger partial charge in [0.1, 0.15) is 4.83 Å². The third-order valence-corrected chi connectivity index (χ3v) is 3.95. The van der Waals surface area contributed by atoms with Gasteiger partial charge >= 0.3 is 0 Å². The van der Waals surface area contributed by atoms with Crippen molar-refractivity contribution in [2.24, 2.45) is 0 Å². The second-order valence-corrected chi connectivity index (χ2v) is 4.85. The van der Waals surface area contributed by atoms with Crippen LogP contribution in [0.2, 0.25) is 0 Å². The highest BCUT2D eigenvalue weighted by molar-refractivity contribution is 9.10. The van der Waals surface area contributed by atoms with Crippen LogP contribution in [-0.4, -0.2) is 16.2 Å². The van der Waals surface area contributed by atoms with Gasteiger partial charge < -0.3 is 4.98 Å². The van der Waals surface area contributed by atoms with E-state index in [-0.39, 0.29) is 5.56 Å². The summed E-state index contributed by atoms with van der Waals surface area (Å²) in [7, 11) is 0. The number of halogens is 1. The molecule has 0 atom stereocenters. The minimum Gasteiger partial charge on any atom is -0.301 e. The zero-order valence-corrected chi connectivity index (χ0v) is 9.85. The number of nitrogens with zero attached hydrogens (tertiary/aromatic N) is 1. The van der Waals surface area contributed by atoms with Crippen LogP contribution in [0.3, 0.4) is 0 Å².